The minimum atomic E-state index is -0.851. The van der Waals surface area contributed by atoms with E-state index in [4.69, 9.17) is 9.68 Å². The summed E-state index contributed by atoms with van der Waals surface area (Å²) in [7, 11) is 0. The van der Waals surface area contributed by atoms with Crippen molar-refractivity contribution in [1.82, 2.24) is 0 Å². The van der Waals surface area contributed by atoms with Gasteiger partial charge in [-0.05, 0) is 36.4 Å². The first kappa shape index (κ1) is 12.8. The van der Waals surface area contributed by atoms with Crippen molar-refractivity contribution in [1.29, 1.82) is 5.26 Å². The summed E-state index contributed by atoms with van der Waals surface area (Å²) in [4.78, 5) is 11.9. The monoisotopic (exact) mass is 258 g/mol. The summed E-state index contributed by atoms with van der Waals surface area (Å²) in [5, 5.41) is 11.6. The number of carbonyl (C=O) groups excluding carboxylic acids is 1. The molecule has 4 nitrogen and oxygen atoms in total. The number of rotatable bonds is 4. The molecule has 1 unspecified atom stereocenters. The van der Waals surface area contributed by atoms with Gasteiger partial charge in [-0.3, -0.25) is 4.79 Å². The van der Waals surface area contributed by atoms with Crippen LogP contribution in [-0.4, -0.2) is 5.91 Å². The van der Waals surface area contributed by atoms with E-state index >= 15 is 0 Å². The van der Waals surface area contributed by atoms with E-state index in [1.165, 1.54) is 30.5 Å². The van der Waals surface area contributed by atoms with Crippen LogP contribution in [0.3, 0.4) is 0 Å². The van der Waals surface area contributed by atoms with Gasteiger partial charge in [-0.25, -0.2) is 4.39 Å². The Morgan fingerprint density at radius 1 is 1.37 bits per heavy atom. The van der Waals surface area contributed by atoms with Crippen LogP contribution in [0.5, 0.6) is 0 Å². The highest BCUT2D eigenvalue weighted by atomic mass is 19.1. The molecule has 0 saturated carbocycles. The Labute approximate surface area is 109 Å². The van der Waals surface area contributed by atoms with E-state index in [1.54, 1.807) is 12.1 Å². The van der Waals surface area contributed by atoms with Gasteiger partial charge in [0.25, 0.3) is 0 Å². The van der Waals surface area contributed by atoms with E-state index in [2.05, 4.69) is 5.32 Å². The van der Waals surface area contributed by atoms with Gasteiger partial charge in [0, 0.05) is 12.1 Å². The quantitative estimate of drug-likeness (QED) is 0.916. The first-order chi connectivity index (χ1) is 9.19. The Morgan fingerprint density at radius 2 is 2.11 bits per heavy atom. The fraction of sp³-hybridized carbons (Fsp3) is 0.143. The van der Waals surface area contributed by atoms with Crippen LogP contribution in [0.1, 0.15) is 5.76 Å². The molecule has 0 spiro atoms. The maximum absolute atomic E-state index is 12.7. The highest BCUT2D eigenvalue weighted by Crippen LogP contribution is 2.13. The van der Waals surface area contributed by atoms with E-state index < -0.39 is 11.8 Å². The molecule has 96 valence electrons. The lowest BCUT2D eigenvalue weighted by Crippen LogP contribution is -2.23. The highest BCUT2D eigenvalue weighted by molar-refractivity contribution is 5.94. The van der Waals surface area contributed by atoms with Gasteiger partial charge in [0.1, 0.15) is 17.5 Å². The molecule has 0 aliphatic heterocycles. The van der Waals surface area contributed by atoms with Gasteiger partial charge < -0.3 is 9.73 Å². The van der Waals surface area contributed by atoms with Gasteiger partial charge in [0.05, 0.1) is 12.3 Å². The average molecular weight is 258 g/mol. The van der Waals surface area contributed by atoms with Crippen LogP contribution >= 0.6 is 0 Å². The molecule has 0 radical (unpaired) electrons. The number of carbonyl (C=O) groups is 1. The molecule has 2 aromatic rings. The number of hydrogen-bond donors (Lipinski definition) is 1. The third-order valence-electron chi connectivity index (χ3n) is 2.57. The second kappa shape index (κ2) is 5.83. The maximum Gasteiger partial charge on any atom is 0.242 e. The minimum absolute atomic E-state index is 0.205. The fourth-order valence-corrected chi connectivity index (χ4v) is 1.59. The Balaban J connectivity index is 2.01. The van der Waals surface area contributed by atoms with E-state index in [-0.39, 0.29) is 12.2 Å². The molecule has 1 aromatic carbocycles. The van der Waals surface area contributed by atoms with Crippen molar-refractivity contribution in [2.75, 3.05) is 5.32 Å². The zero-order chi connectivity index (χ0) is 13.7. The largest absolute Gasteiger partial charge is 0.469 e. The van der Waals surface area contributed by atoms with E-state index in [0.717, 1.165) is 0 Å². The van der Waals surface area contributed by atoms with Gasteiger partial charge in [0.15, 0.2) is 0 Å². The first-order valence-electron chi connectivity index (χ1n) is 5.67. The standard InChI is InChI=1S/C14H11FN2O2/c15-11-3-5-12(6-4-11)17-14(18)10(9-16)8-13-2-1-7-19-13/h1-7,10H,8H2,(H,17,18). The summed E-state index contributed by atoms with van der Waals surface area (Å²) in [5.74, 6) is -1.10. The summed E-state index contributed by atoms with van der Waals surface area (Å²) in [6.45, 7) is 0. The van der Waals surface area contributed by atoms with Crippen LogP contribution in [0, 0.1) is 23.1 Å². The van der Waals surface area contributed by atoms with Crippen molar-refractivity contribution in [3.05, 3.63) is 54.2 Å². The summed E-state index contributed by atoms with van der Waals surface area (Å²) in [5.41, 5.74) is 0.450. The number of hydrogen-bond acceptors (Lipinski definition) is 3. The smallest absolute Gasteiger partial charge is 0.242 e. The Hall–Kier alpha value is -2.61. The molecule has 0 saturated heterocycles. The lowest BCUT2D eigenvalue weighted by molar-refractivity contribution is -0.118. The third-order valence-corrected chi connectivity index (χ3v) is 2.57. The number of anilines is 1. The number of benzene rings is 1. The first-order valence-corrected chi connectivity index (χ1v) is 5.67. The number of furan rings is 1. The summed E-state index contributed by atoms with van der Waals surface area (Å²) < 4.78 is 17.8. The van der Waals surface area contributed by atoms with Gasteiger partial charge in [0.2, 0.25) is 5.91 Å². The Morgan fingerprint density at radius 3 is 2.68 bits per heavy atom. The van der Waals surface area contributed by atoms with Crippen molar-refractivity contribution in [3.63, 3.8) is 0 Å². The zero-order valence-electron chi connectivity index (χ0n) is 9.97. The molecule has 1 atom stereocenters. The van der Waals surface area contributed by atoms with E-state index in [1.807, 2.05) is 6.07 Å². The molecule has 1 amide bonds. The minimum Gasteiger partial charge on any atom is -0.469 e. The molecule has 1 N–H and O–H groups in total. The molecule has 0 aliphatic rings. The summed E-state index contributed by atoms with van der Waals surface area (Å²) >= 11 is 0. The van der Waals surface area contributed by atoms with Crippen LogP contribution in [-0.2, 0) is 11.2 Å². The molecule has 2 rings (SSSR count). The molecular formula is C14H11FN2O2. The van der Waals surface area contributed by atoms with Crippen LogP contribution in [0.25, 0.3) is 0 Å². The van der Waals surface area contributed by atoms with Crippen molar-refractivity contribution < 1.29 is 13.6 Å². The van der Waals surface area contributed by atoms with Crippen molar-refractivity contribution >= 4 is 11.6 Å². The molecule has 1 aromatic heterocycles. The summed E-state index contributed by atoms with van der Waals surface area (Å²) in [6, 6.07) is 10.7. The van der Waals surface area contributed by atoms with Crippen LogP contribution in [0.4, 0.5) is 10.1 Å². The van der Waals surface area contributed by atoms with E-state index in [9.17, 15) is 9.18 Å². The van der Waals surface area contributed by atoms with Crippen molar-refractivity contribution in [2.24, 2.45) is 5.92 Å². The van der Waals surface area contributed by atoms with Gasteiger partial charge in [-0.15, -0.1) is 0 Å². The second-order valence-electron chi connectivity index (χ2n) is 3.96. The maximum atomic E-state index is 12.7. The highest BCUT2D eigenvalue weighted by Gasteiger charge is 2.19. The zero-order valence-corrected chi connectivity index (χ0v) is 9.97. The molecule has 5 heteroatoms. The summed E-state index contributed by atoms with van der Waals surface area (Å²) in [6.07, 6.45) is 1.69. The number of nitrogens with one attached hydrogen (secondary N) is 1. The molecule has 0 aliphatic carbocycles. The van der Waals surface area contributed by atoms with Crippen LogP contribution in [0.15, 0.2) is 47.1 Å². The lowest BCUT2D eigenvalue weighted by atomic mass is 10.0. The Kier molecular flexibility index (Phi) is 3.94. The molecular weight excluding hydrogens is 247 g/mol. The predicted molar refractivity (Wildman–Crippen MR) is 66.5 cm³/mol. The number of amides is 1. The van der Waals surface area contributed by atoms with Crippen molar-refractivity contribution in [3.8, 4) is 6.07 Å². The lowest BCUT2D eigenvalue weighted by Gasteiger charge is -2.08. The SMILES string of the molecule is N#CC(Cc1ccco1)C(=O)Nc1ccc(F)cc1. The molecule has 0 bridgehead atoms. The molecule has 0 fully saturated rings. The number of nitrogens with zero attached hydrogens (tertiary/aromatic N) is 1. The molecule has 19 heavy (non-hydrogen) atoms. The second-order valence-corrected chi connectivity index (χ2v) is 3.96. The molecule has 1 heterocycles. The topological polar surface area (TPSA) is 66.0 Å². The third kappa shape index (κ3) is 3.42. The fourth-order valence-electron chi connectivity index (χ4n) is 1.59. The van der Waals surface area contributed by atoms with Crippen LogP contribution in [0.2, 0.25) is 0 Å². The van der Waals surface area contributed by atoms with Crippen LogP contribution < -0.4 is 5.32 Å². The van der Waals surface area contributed by atoms with E-state index in [0.29, 0.717) is 11.4 Å². The normalized spacial score (nSPS) is 11.6. The Bertz CT molecular complexity index is 585. The average Bonchev–Trinajstić information content (AvgIpc) is 2.91. The number of nitriles is 1. The number of halogens is 1. The predicted octanol–water partition coefficient (Wildman–Crippen LogP) is 2.74. The van der Waals surface area contributed by atoms with Gasteiger partial charge in [-0.1, -0.05) is 0 Å². The van der Waals surface area contributed by atoms with Crippen molar-refractivity contribution in [2.45, 2.75) is 6.42 Å². The van der Waals surface area contributed by atoms with Gasteiger partial charge in [-0.2, -0.15) is 5.26 Å². The van der Waals surface area contributed by atoms with Gasteiger partial charge >= 0.3 is 0 Å².